The van der Waals surface area contributed by atoms with Gasteiger partial charge in [0.2, 0.25) is 5.91 Å². The average molecular weight is 1380 g/mol. The van der Waals surface area contributed by atoms with Crippen LogP contribution in [0.15, 0.2) is 230 Å². The number of aryl methyl sites for hydroxylation is 1. The molecular formula is C81H67FN10O7S2. The lowest BCUT2D eigenvalue weighted by Crippen LogP contribution is -2.11. The Balaban J connectivity index is 0.000000130. The molecule has 101 heavy (non-hydrogen) atoms. The SMILES string of the molecule is COC(=O)c1ccc2c(-c3nc(-c4ccncc4)cs3)cn(-c3ccc(OC)cc3)c2c1.COc1ccc(-n2cc(-c3nc(C(C)(C)C)cs3)c3ccc(C(N)=O)cc32)cc1.COc1ccc(-n2cc(C#N)c3ccc(C)cc32)cc1.COc1ccc(-n2cc(C#N)c3ccc(F)cc32)cc1. The quantitative estimate of drug-likeness (QED) is 0.107. The number of amides is 1. The van der Waals surface area contributed by atoms with Crippen LogP contribution in [0.2, 0.25) is 0 Å². The van der Waals surface area contributed by atoms with Gasteiger partial charge in [-0.1, -0.05) is 45.0 Å². The highest BCUT2D eigenvalue weighted by Gasteiger charge is 2.23. The summed E-state index contributed by atoms with van der Waals surface area (Å²) in [7, 11) is 7.92. The van der Waals surface area contributed by atoms with E-state index in [1.165, 1.54) is 24.8 Å². The Bertz CT molecular complexity index is 5460. The fourth-order valence-corrected chi connectivity index (χ4v) is 13.5. The van der Waals surface area contributed by atoms with Gasteiger partial charge in [-0.15, -0.1) is 22.7 Å². The lowest BCUT2D eigenvalue weighted by atomic mass is 9.93. The number of nitrogens with zero attached hydrogens (tertiary/aromatic N) is 9. The van der Waals surface area contributed by atoms with Crippen LogP contribution in [0.4, 0.5) is 4.39 Å². The molecule has 0 bridgehead atoms. The summed E-state index contributed by atoms with van der Waals surface area (Å²) >= 11 is 3.22. The van der Waals surface area contributed by atoms with Crippen molar-refractivity contribution >= 4 is 78.2 Å². The van der Waals surface area contributed by atoms with Gasteiger partial charge in [0.05, 0.1) is 85.7 Å². The molecule has 1 amide bonds. The first-order chi connectivity index (χ1) is 48.9. The number of nitrogens with two attached hydrogens (primary N) is 1. The molecule has 0 fully saturated rings. The molecule has 2 N–H and O–H groups in total. The lowest BCUT2D eigenvalue weighted by Gasteiger charge is -2.14. The molecule has 15 aromatic rings. The number of halogens is 1. The third kappa shape index (κ3) is 14.5. The van der Waals surface area contributed by atoms with Gasteiger partial charge in [0.25, 0.3) is 0 Å². The Hall–Kier alpha value is -12.6. The molecule has 0 spiro atoms. The molecule has 20 heteroatoms. The van der Waals surface area contributed by atoms with Crippen molar-refractivity contribution in [3.63, 3.8) is 0 Å². The zero-order chi connectivity index (χ0) is 71.1. The number of ether oxygens (including phenoxy) is 5. The van der Waals surface area contributed by atoms with Crippen molar-refractivity contribution in [3.05, 3.63) is 269 Å². The molecule has 502 valence electrons. The Morgan fingerprint density at radius 2 is 0.891 bits per heavy atom. The van der Waals surface area contributed by atoms with E-state index in [1.807, 2.05) is 162 Å². The Kier molecular flexibility index (Phi) is 20.0. The van der Waals surface area contributed by atoms with Gasteiger partial charge in [0.15, 0.2) is 0 Å². The van der Waals surface area contributed by atoms with Crippen molar-refractivity contribution in [1.29, 1.82) is 10.5 Å². The fraction of sp³-hybridized carbons (Fsp3) is 0.123. The van der Waals surface area contributed by atoms with Gasteiger partial charge >= 0.3 is 5.97 Å². The minimum atomic E-state index is -0.444. The van der Waals surface area contributed by atoms with Crippen molar-refractivity contribution in [2.75, 3.05) is 35.5 Å². The normalized spacial score (nSPS) is 11.0. The largest absolute Gasteiger partial charge is 0.497 e. The monoisotopic (exact) mass is 1370 g/mol. The minimum absolute atomic E-state index is 0.0117. The summed E-state index contributed by atoms with van der Waals surface area (Å²) < 4.78 is 47.2. The summed E-state index contributed by atoms with van der Waals surface area (Å²) in [6.07, 6.45) is 11.2. The second-order valence-corrected chi connectivity index (χ2v) is 25.9. The molecule has 7 heterocycles. The molecule has 0 radical (unpaired) electrons. The van der Waals surface area contributed by atoms with Gasteiger partial charge in [-0.25, -0.2) is 19.2 Å². The maximum absolute atomic E-state index is 13.4. The number of methoxy groups -OCH3 is 5. The highest BCUT2D eigenvalue weighted by molar-refractivity contribution is 7.13. The number of carbonyl (C=O) groups excluding carboxylic acids is 2. The third-order valence-corrected chi connectivity index (χ3v) is 18.7. The van der Waals surface area contributed by atoms with Crippen molar-refractivity contribution in [3.8, 4) is 90.3 Å². The smallest absolute Gasteiger partial charge is 0.337 e. The Morgan fingerprint density at radius 1 is 0.485 bits per heavy atom. The van der Waals surface area contributed by atoms with E-state index in [9.17, 15) is 24.5 Å². The molecule has 0 aliphatic rings. The van der Waals surface area contributed by atoms with E-state index in [2.05, 4.69) is 77.8 Å². The van der Waals surface area contributed by atoms with Crippen LogP contribution < -0.4 is 24.7 Å². The van der Waals surface area contributed by atoms with E-state index < -0.39 is 5.91 Å². The van der Waals surface area contributed by atoms with E-state index in [0.29, 0.717) is 27.8 Å². The number of pyridine rings is 1. The van der Waals surface area contributed by atoms with Gasteiger partial charge in [0.1, 0.15) is 51.0 Å². The number of thiazole rings is 2. The van der Waals surface area contributed by atoms with Crippen LogP contribution in [0.25, 0.3) is 98.8 Å². The highest BCUT2D eigenvalue weighted by atomic mass is 32.1. The standard InChI is InChI=1S/C25H19N3O3S.C23H23N3O2S.C17H14N2O.C16H11FN2O/c1-30-19-6-4-18(5-7-19)28-14-21(20-8-3-17(13-23(20)28)25(29)31-2)24-27-22(15-32-24)16-9-11-26-12-10-16;1-23(2,3)20-13-29-22(25-20)18-12-26(15-6-8-16(28-4)9-7-15)19-11-14(21(24)27)5-10-17(18)19;1-12-3-8-16-13(10-18)11-19(17(16)9-12)14-4-6-15(20-2)7-5-14;1-20-14-5-3-13(4-6-14)19-10-11(9-18)15-7-2-12(17)8-16(15)19/h3-15H,1-2H3;5-13H,1-4H3,(H2,24,27);3-9,11H,1-2H3;2-8,10H,1H3. The summed E-state index contributed by atoms with van der Waals surface area (Å²) in [6.45, 7) is 8.53. The van der Waals surface area contributed by atoms with Gasteiger partial charge in [0, 0.05) is 120 Å². The summed E-state index contributed by atoms with van der Waals surface area (Å²) in [5, 5.41) is 28.2. The fourth-order valence-electron chi connectivity index (χ4n) is 11.5. The van der Waals surface area contributed by atoms with Gasteiger partial charge in [-0.05, 0) is 170 Å². The van der Waals surface area contributed by atoms with Gasteiger partial charge in [-0.3, -0.25) is 9.78 Å². The topological polar surface area (TPSA) is 212 Å². The van der Waals surface area contributed by atoms with Crippen LogP contribution in [-0.4, -0.2) is 80.6 Å². The van der Waals surface area contributed by atoms with Crippen LogP contribution in [-0.2, 0) is 10.2 Å². The molecule has 0 atom stereocenters. The Labute approximate surface area is 590 Å². The molecule has 0 aliphatic heterocycles. The number of nitriles is 2. The number of carbonyl (C=O) groups is 2. The van der Waals surface area contributed by atoms with E-state index in [4.69, 9.17) is 39.4 Å². The van der Waals surface area contributed by atoms with Gasteiger partial charge < -0.3 is 47.7 Å². The van der Waals surface area contributed by atoms with Crippen molar-refractivity contribution in [1.82, 2.24) is 33.2 Å². The van der Waals surface area contributed by atoms with Crippen LogP contribution in [0, 0.1) is 35.4 Å². The predicted molar refractivity (Wildman–Crippen MR) is 397 cm³/mol. The van der Waals surface area contributed by atoms with Crippen LogP contribution in [0.3, 0.4) is 0 Å². The molecule has 17 nitrogen and oxygen atoms in total. The van der Waals surface area contributed by atoms with Gasteiger partial charge in [-0.2, -0.15) is 10.5 Å². The molecule has 0 saturated carbocycles. The Morgan fingerprint density at radius 3 is 1.33 bits per heavy atom. The van der Waals surface area contributed by atoms with E-state index in [0.717, 1.165) is 122 Å². The number of benzene rings is 8. The number of aromatic nitrogens is 7. The number of hydrogen-bond acceptors (Lipinski definition) is 14. The maximum Gasteiger partial charge on any atom is 0.337 e. The molecule has 8 aromatic carbocycles. The first-order valence-electron chi connectivity index (χ1n) is 31.7. The number of primary amides is 1. The first kappa shape index (κ1) is 68.3. The molecular weight excluding hydrogens is 1310 g/mol. The number of rotatable bonds is 13. The van der Waals surface area contributed by atoms with Crippen LogP contribution in [0.5, 0.6) is 23.0 Å². The zero-order valence-corrected chi connectivity index (χ0v) is 58.2. The summed E-state index contributed by atoms with van der Waals surface area (Å²) in [4.78, 5) is 37.8. The van der Waals surface area contributed by atoms with E-state index in [1.54, 1.807) is 92.5 Å². The predicted octanol–water partition coefficient (Wildman–Crippen LogP) is 18.2. The molecule has 0 saturated heterocycles. The zero-order valence-electron chi connectivity index (χ0n) is 56.6. The third-order valence-electron chi connectivity index (χ3n) is 16.9. The van der Waals surface area contributed by atoms with Crippen LogP contribution >= 0.6 is 22.7 Å². The second kappa shape index (κ2) is 29.6. The maximum atomic E-state index is 13.4. The van der Waals surface area contributed by atoms with Crippen molar-refractivity contribution in [2.24, 2.45) is 5.73 Å². The van der Waals surface area contributed by atoms with E-state index >= 15 is 0 Å². The van der Waals surface area contributed by atoms with Crippen molar-refractivity contribution in [2.45, 2.75) is 33.1 Å². The summed E-state index contributed by atoms with van der Waals surface area (Å²) in [5.41, 5.74) is 21.2. The number of fused-ring (bicyclic) bond motifs is 4. The van der Waals surface area contributed by atoms with Crippen molar-refractivity contribution < 1.29 is 37.7 Å². The molecule has 0 aliphatic carbocycles. The summed E-state index contributed by atoms with van der Waals surface area (Å²) in [6, 6.07) is 60.8. The van der Waals surface area contributed by atoms with E-state index in [-0.39, 0.29) is 17.2 Å². The lowest BCUT2D eigenvalue weighted by molar-refractivity contribution is 0.0600. The highest BCUT2D eigenvalue weighted by Crippen LogP contribution is 2.40. The molecule has 15 rings (SSSR count). The number of hydrogen-bond donors (Lipinski definition) is 1. The second-order valence-electron chi connectivity index (χ2n) is 24.2. The molecule has 7 aromatic heterocycles. The first-order valence-corrected chi connectivity index (χ1v) is 33.5. The average Bonchev–Trinajstić information content (AvgIpc) is 1.67. The van der Waals surface area contributed by atoms with Crippen LogP contribution in [0.1, 0.15) is 63.9 Å². The number of esters is 1. The molecule has 0 unspecified atom stereocenters. The summed E-state index contributed by atoms with van der Waals surface area (Å²) in [5.74, 6) is 2.00. The minimum Gasteiger partial charge on any atom is -0.497 e.